The zero-order valence-electron chi connectivity index (χ0n) is 16.0. The van der Waals surface area contributed by atoms with Gasteiger partial charge >= 0.3 is 0 Å². The quantitative estimate of drug-likeness (QED) is 0.350. The summed E-state index contributed by atoms with van der Waals surface area (Å²) < 4.78 is 3.27. The van der Waals surface area contributed by atoms with Gasteiger partial charge in [-0.3, -0.25) is 4.99 Å². The molecule has 1 fully saturated rings. The van der Waals surface area contributed by atoms with Crippen LogP contribution in [-0.2, 0) is 13.6 Å². The molecule has 7 heteroatoms. The molecular formula is C18H33BrIN5. The van der Waals surface area contributed by atoms with E-state index in [0.29, 0.717) is 0 Å². The summed E-state index contributed by atoms with van der Waals surface area (Å²) in [4.78, 5) is 9.16. The number of rotatable bonds is 6. The lowest BCUT2D eigenvalue weighted by Gasteiger charge is -2.31. The third-order valence-electron chi connectivity index (χ3n) is 5.04. The zero-order valence-corrected chi connectivity index (χ0v) is 19.9. The number of hydrogen-bond donors (Lipinski definition) is 1. The van der Waals surface area contributed by atoms with Gasteiger partial charge in [-0.15, -0.1) is 24.0 Å². The molecule has 1 aliphatic rings. The number of piperidine rings is 1. The van der Waals surface area contributed by atoms with Crippen molar-refractivity contribution in [2.75, 3.05) is 40.3 Å². The molecule has 1 aromatic rings. The molecule has 0 aromatic carbocycles. The number of nitrogens with zero attached hydrogens (tertiary/aromatic N) is 4. The van der Waals surface area contributed by atoms with Gasteiger partial charge in [0.1, 0.15) is 0 Å². The van der Waals surface area contributed by atoms with Gasteiger partial charge in [0, 0.05) is 44.1 Å². The van der Waals surface area contributed by atoms with Gasteiger partial charge in [0.2, 0.25) is 0 Å². The largest absolute Gasteiger partial charge is 0.356 e. The number of guanidine groups is 1. The van der Waals surface area contributed by atoms with Crippen molar-refractivity contribution in [1.82, 2.24) is 19.7 Å². The van der Waals surface area contributed by atoms with Crippen LogP contribution in [0.2, 0.25) is 0 Å². The summed E-state index contributed by atoms with van der Waals surface area (Å²) in [5.74, 6) is 1.82. The van der Waals surface area contributed by atoms with Crippen molar-refractivity contribution in [2.45, 2.75) is 32.7 Å². The fourth-order valence-corrected chi connectivity index (χ4v) is 3.98. The topological polar surface area (TPSA) is 35.8 Å². The summed E-state index contributed by atoms with van der Waals surface area (Å²) in [7, 11) is 6.03. The maximum absolute atomic E-state index is 4.43. The first-order valence-electron chi connectivity index (χ1n) is 8.98. The predicted molar refractivity (Wildman–Crippen MR) is 121 cm³/mol. The highest BCUT2D eigenvalue weighted by molar-refractivity contribution is 14.0. The first kappa shape index (κ1) is 22.8. The molecule has 2 rings (SSSR count). The smallest absolute Gasteiger partial charge is 0.193 e. The Bertz CT molecular complexity index is 538. The molecule has 0 atom stereocenters. The first-order chi connectivity index (χ1) is 11.5. The molecule has 0 saturated carbocycles. The molecule has 5 nitrogen and oxygen atoms in total. The minimum absolute atomic E-state index is 0. The SMILES string of the molecule is CCN1CCC(CCNC(=NC)N(C)Cc2cc(Br)cn2C)CC1.I. The number of halogens is 2. The number of hydrogen-bond acceptors (Lipinski definition) is 2. The Balaban J connectivity index is 0.00000312. The van der Waals surface area contributed by atoms with Crippen LogP contribution in [0, 0.1) is 5.92 Å². The molecule has 2 heterocycles. The van der Waals surface area contributed by atoms with Gasteiger partial charge in [-0.1, -0.05) is 6.92 Å². The Hall–Kier alpha value is -0.280. The number of aryl methyl sites for hydroxylation is 1. The Morgan fingerprint density at radius 2 is 2.08 bits per heavy atom. The number of nitrogens with one attached hydrogen (secondary N) is 1. The molecule has 144 valence electrons. The minimum atomic E-state index is 0. The molecule has 0 bridgehead atoms. The monoisotopic (exact) mass is 525 g/mol. The molecule has 1 aliphatic heterocycles. The number of likely N-dealkylation sites (tertiary alicyclic amines) is 1. The van der Waals surface area contributed by atoms with E-state index in [0.717, 1.165) is 29.4 Å². The molecule has 1 saturated heterocycles. The van der Waals surface area contributed by atoms with Crippen molar-refractivity contribution >= 4 is 45.9 Å². The van der Waals surface area contributed by atoms with Crippen molar-refractivity contribution in [3.63, 3.8) is 0 Å². The number of aromatic nitrogens is 1. The third kappa shape index (κ3) is 7.09. The second-order valence-corrected chi connectivity index (χ2v) is 7.67. The lowest BCUT2D eigenvalue weighted by molar-refractivity contribution is 0.187. The van der Waals surface area contributed by atoms with Crippen LogP contribution in [0.25, 0.3) is 0 Å². The van der Waals surface area contributed by atoms with Gasteiger partial charge in [-0.25, -0.2) is 0 Å². The molecule has 0 unspecified atom stereocenters. The molecule has 1 aromatic heterocycles. The van der Waals surface area contributed by atoms with E-state index in [1.165, 1.54) is 44.6 Å². The normalized spacial score (nSPS) is 16.6. The maximum atomic E-state index is 4.43. The van der Waals surface area contributed by atoms with E-state index in [2.05, 4.69) is 73.9 Å². The Morgan fingerprint density at radius 3 is 2.60 bits per heavy atom. The standard InChI is InChI=1S/C18H32BrN5.HI/c1-5-24-10-7-15(8-11-24)6-9-21-18(20-2)23(4)14-17-12-16(19)13-22(17)3;/h12-13,15H,5-11,14H2,1-4H3,(H,20,21);1H. The van der Waals surface area contributed by atoms with Crippen molar-refractivity contribution in [2.24, 2.45) is 18.0 Å². The molecule has 0 aliphatic carbocycles. The zero-order chi connectivity index (χ0) is 17.5. The molecule has 0 radical (unpaired) electrons. The average molecular weight is 526 g/mol. The summed E-state index contributed by atoms with van der Waals surface area (Å²) in [6, 6.07) is 2.16. The highest BCUT2D eigenvalue weighted by Crippen LogP contribution is 2.19. The van der Waals surface area contributed by atoms with Crippen molar-refractivity contribution in [1.29, 1.82) is 0 Å². The molecule has 1 N–H and O–H groups in total. The van der Waals surface area contributed by atoms with Gasteiger partial charge in [0.05, 0.1) is 6.54 Å². The Labute approximate surface area is 178 Å². The summed E-state index contributed by atoms with van der Waals surface area (Å²) in [5.41, 5.74) is 1.26. The van der Waals surface area contributed by atoms with Crippen LogP contribution in [-0.4, -0.2) is 60.6 Å². The summed E-state index contributed by atoms with van der Waals surface area (Å²) in [5, 5.41) is 3.53. The van der Waals surface area contributed by atoms with Gasteiger partial charge < -0.3 is 19.7 Å². The first-order valence-corrected chi connectivity index (χ1v) is 9.77. The fraction of sp³-hybridized carbons (Fsp3) is 0.722. The van der Waals surface area contributed by atoms with E-state index in [1.807, 2.05) is 7.05 Å². The van der Waals surface area contributed by atoms with E-state index < -0.39 is 0 Å². The summed E-state index contributed by atoms with van der Waals surface area (Å²) in [6.45, 7) is 7.82. The second-order valence-electron chi connectivity index (χ2n) is 6.76. The van der Waals surface area contributed by atoms with Crippen molar-refractivity contribution < 1.29 is 0 Å². The third-order valence-corrected chi connectivity index (χ3v) is 5.47. The maximum Gasteiger partial charge on any atom is 0.193 e. The minimum Gasteiger partial charge on any atom is -0.356 e. The van der Waals surface area contributed by atoms with E-state index in [4.69, 9.17) is 0 Å². The fourth-order valence-electron chi connectivity index (χ4n) is 3.41. The van der Waals surface area contributed by atoms with Gasteiger partial charge in [-0.05, 0) is 66.8 Å². The number of aliphatic imine (C=N–C) groups is 1. The average Bonchev–Trinajstić information content (AvgIpc) is 2.89. The van der Waals surface area contributed by atoms with Crippen LogP contribution in [0.1, 0.15) is 31.9 Å². The second kappa shape index (κ2) is 11.4. The Morgan fingerprint density at radius 1 is 1.40 bits per heavy atom. The van der Waals surface area contributed by atoms with Crippen LogP contribution in [0.15, 0.2) is 21.7 Å². The molecule has 0 spiro atoms. The molecule has 0 amide bonds. The summed E-state index contributed by atoms with van der Waals surface area (Å²) >= 11 is 3.53. The summed E-state index contributed by atoms with van der Waals surface area (Å²) in [6.07, 6.45) is 5.99. The van der Waals surface area contributed by atoms with E-state index in [-0.39, 0.29) is 24.0 Å². The lowest BCUT2D eigenvalue weighted by Crippen LogP contribution is -2.40. The van der Waals surface area contributed by atoms with Crippen LogP contribution < -0.4 is 5.32 Å². The van der Waals surface area contributed by atoms with Gasteiger partial charge in [0.25, 0.3) is 0 Å². The molecule has 25 heavy (non-hydrogen) atoms. The van der Waals surface area contributed by atoms with E-state index in [9.17, 15) is 0 Å². The molecular weight excluding hydrogens is 493 g/mol. The highest BCUT2D eigenvalue weighted by atomic mass is 127. The predicted octanol–water partition coefficient (Wildman–Crippen LogP) is 3.53. The van der Waals surface area contributed by atoms with Crippen LogP contribution in [0.3, 0.4) is 0 Å². The van der Waals surface area contributed by atoms with Crippen LogP contribution in [0.4, 0.5) is 0 Å². The highest BCUT2D eigenvalue weighted by Gasteiger charge is 2.18. The Kier molecular flexibility index (Phi) is 10.4. The van der Waals surface area contributed by atoms with Crippen molar-refractivity contribution in [3.8, 4) is 0 Å². The van der Waals surface area contributed by atoms with E-state index >= 15 is 0 Å². The van der Waals surface area contributed by atoms with Crippen molar-refractivity contribution in [3.05, 3.63) is 22.4 Å². The van der Waals surface area contributed by atoms with Gasteiger partial charge in [0.15, 0.2) is 5.96 Å². The van der Waals surface area contributed by atoms with Crippen LogP contribution in [0.5, 0.6) is 0 Å². The van der Waals surface area contributed by atoms with Gasteiger partial charge in [-0.2, -0.15) is 0 Å². The van der Waals surface area contributed by atoms with Crippen LogP contribution >= 0.6 is 39.9 Å². The lowest BCUT2D eigenvalue weighted by atomic mass is 9.93. The van der Waals surface area contributed by atoms with E-state index in [1.54, 1.807) is 0 Å².